The fourth-order valence-electron chi connectivity index (χ4n) is 3.65. The van der Waals surface area contributed by atoms with E-state index in [2.05, 4.69) is 23.5 Å². The Kier molecular flexibility index (Phi) is 6.49. The van der Waals surface area contributed by atoms with E-state index in [0.717, 1.165) is 19.5 Å². The lowest BCUT2D eigenvalue weighted by atomic mass is 10.00. The third-order valence-electron chi connectivity index (χ3n) is 5.20. The quantitative estimate of drug-likeness (QED) is 0.733. The molecule has 3 rings (SSSR count). The lowest BCUT2D eigenvalue weighted by Crippen LogP contribution is -3.12. The molecule has 1 unspecified atom stereocenters. The standard InChI is InChI=1S/C21H27N3O3S/c1-3-24(4-2)28(26,27)20-11-9-19(10-12-20)22-21(25)16-23-14-13-17-7-5-6-8-18(17)15-23/h5-12H,3-4,13-16H2,1-2H3,(H,22,25)/p+1. The molecule has 2 N–H and O–H groups in total. The van der Waals surface area contributed by atoms with Gasteiger partial charge in [0.25, 0.3) is 5.91 Å². The van der Waals surface area contributed by atoms with Gasteiger partial charge in [0.15, 0.2) is 6.54 Å². The lowest BCUT2D eigenvalue weighted by Gasteiger charge is -2.25. The van der Waals surface area contributed by atoms with Crippen molar-refractivity contribution in [2.24, 2.45) is 0 Å². The van der Waals surface area contributed by atoms with E-state index < -0.39 is 10.0 Å². The van der Waals surface area contributed by atoms with Crippen LogP contribution in [-0.4, -0.2) is 44.8 Å². The Balaban J connectivity index is 1.59. The SMILES string of the molecule is CCN(CC)S(=O)(=O)c1ccc(NC(=O)C[NH+]2CCc3ccccc3C2)cc1. The van der Waals surface area contributed by atoms with Crippen LogP contribution in [0.1, 0.15) is 25.0 Å². The number of anilines is 1. The first kappa shape index (κ1) is 20.5. The van der Waals surface area contributed by atoms with Gasteiger partial charge in [-0.2, -0.15) is 4.31 Å². The molecule has 0 aromatic heterocycles. The van der Waals surface area contributed by atoms with Gasteiger partial charge in [0.1, 0.15) is 6.54 Å². The number of sulfonamides is 1. The minimum absolute atomic E-state index is 0.0614. The molecule has 0 bridgehead atoms. The molecule has 2 aromatic carbocycles. The smallest absolute Gasteiger partial charge is 0.279 e. The summed E-state index contributed by atoms with van der Waals surface area (Å²) in [7, 11) is -3.48. The van der Waals surface area contributed by atoms with Crippen LogP contribution < -0.4 is 10.2 Å². The number of carbonyl (C=O) groups excluding carboxylic acids is 1. The number of hydrogen-bond acceptors (Lipinski definition) is 3. The van der Waals surface area contributed by atoms with Crippen LogP contribution in [0.3, 0.4) is 0 Å². The molecule has 2 aromatic rings. The number of amides is 1. The van der Waals surface area contributed by atoms with E-state index in [0.29, 0.717) is 25.3 Å². The first-order valence-corrected chi connectivity index (χ1v) is 11.2. The van der Waals surface area contributed by atoms with Gasteiger partial charge in [-0.1, -0.05) is 38.1 Å². The van der Waals surface area contributed by atoms with E-state index >= 15 is 0 Å². The highest BCUT2D eigenvalue weighted by molar-refractivity contribution is 7.89. The summed E-state index contributed by atoms with van der Waals surface area (Å²) in [5.41, 5.74) is 3.29. The van der Waals surface area contributed by atoms with Gasteiger partial charge in [-0.15, -0.1) is 0 Å². The maximum Gasteiger partial charge on any atom is 0.279 e. The van der Waals surface area contributed by atoms with Gasteiger partial charge in [0.05, 0.1) is 11.4 Å². The molecule has 1 heterocycles. The second-order valence-electron chi connectivity index (χ2n) is 7.03. The van der Waals surface area contributed by atoms with Crippen molar-refractivity contribution < 1.29 is 18.1 Å². The molecule has 1 amide bonds. The molecule has 0 fully saturated rings. The number of hydrogen-bond donors (Lipinski definition) is 2. The normalized spacial score (nSPS) is 16.6. The molecule has 1 aliphatic heterocycles. The number of fused-ring (bicyclic) bond motifs is 1. The highest BCUT2D eigenvalue weighted by atomic mass is 32.2. The van der Waals surface area contributed by atoms with Crippen molar-refractivity contribution in [1.82, 2.24) is 4.31 Å². The fourth-order valence-corrected chi connectivity index (χ4v) is 5.11. The summed E-state index contributed by atoms with van der Waals surface area (Å²) in [6, 6.07) is 14.8. The Hall–Kier alpha value is -2.22. The summed E-state index contributed by atoms with van der Waals surface area (Å²) < 4.78 is 26.5. The molecular formula is C21H28N3O3S+. The summed E-state index contributed by atoms with van der Waals surface area (Å²) in [4.78, 5) is 13.9. The maximum absolute atomic E-state index is 12.5. The highest BCUT2D eigenvalue weighted by Gasteiger charge is 2.23. The van der Waals surface area contributed by atoms with Gasteiger partial charge in [-0.25, -0.2) is 8.42 Å². The maximum atomic E-state index is 12.5. The van der Waals surface area contributed by atoms with E-state index in [9.17, 15) is 13.2 Å². The molecule has 1 aliphatic rings. The lowest BCUT2D eigenvalue weighted by molar-refractivity contribution is -0.907. The number of quaternary nitrogens is 1. The molecule has 0 spiro atoms. The molecule has 0 saturated heterocycles. The van der Waals surface area contributed by atoms with Crippen LogP contribution in [0, 0.1) is 0 Å². The van der Waals surface area contributed by atoms with Gasteiger partial charge in [0, 0.05) is 30.8 Å². The third-order valence-corrected chi connectivity index (χ3v) is 7.26. The molecule has 0 aliphatic carbocycles. The zero-order valence-electron chi connectivity index (χ0n) is 16.4. The van der Waals surface area contributed by atoms with Gasteiger partial charge >= 0.3 is 0 Å². The molecule has 0 radical (unpaired) electrons. The first-order chi connectivity index (χ1) is 13.4. The largest absolute Gasteiger partial charge is 0.323 e. The van der Waals surface area contributed by atoms with Gasteiger partial charge in [0.2, 0.25) is 10.0 Å². The van der Waals surface area contributed by atoms with E-state index in [4.69, 9.17) is 0 Å². The summed E-state index contributed by atoms with van der Waals surface area (Å²) in [6.07, 6.45) is 0.983. The molecule has 7 heteroatoms. The van der Waals surface area contributed by atoms with Crippen LogP contribution in [0.2, 0.25) is 0 Å². The number of nitrogens with one attached hydrogen (secondary N) is 2. The van der Waals surface area contributed by atoms with Gasteiger partial charge < -0.3 is 10.2 Å². The van der Waals surface area contributed by atoms with Crippen LogP contribution >= 0.6 is 0 Å². The number of carbonyl (C=O) groups is 1. The number of benzene rings is 2. The first-order valence-electron chi connectivity index (χ1n) is 9.74. The van der Waals surface area contributed by atoms with Crippen molar-refractivity contribution in [3.05, 3.63) is 59.7 Å². The average molecular weight is 403 g/mol. The monoisotopic (exact) mass is 402 g/mol. The van der Waals surface area contributed by atoms with Crippen LogP contribution in [0.15, 0.2) is 53.4 Å². The van der Waals surface area contributed by atoms with Gasteiger partial charge in [-0.05, 0) is 29.8 Å². The average Bonchev–Trinajstić information content (AvgIpc) is 2.69. The van der Waals surface area contributed by atoms with Crippen molar-refractivity contribution in [2.75, 3.05) is 31.5 Å². The Labute approximate surface area is 167 Å². The number of nitrogens with zero attached hydrogens (tertiary/aromatic N) is 1. The second-order valence-corrected chi connectivity index (χ2v) is 8.97. The van der Waals surface area contributed by atoms with E-state index in [1.807, 2.05) is 19.9 Å². The van der Waals surface area contributed by atoms with Crippen molar-refractivity contribution in [3.8, 4) is 0 Å². The number of rotatable bonds is 7. The predicted octanol–water partition coefficient (Wildman–Crippen LogP) is 1.30. The minimum atomic E-state index is -3.48. The summed E-state index contributed by atoms with van der Waals surface area (Å²) >= 11 is 0. The van der Waals surface area contributed by atoms with Crippen LogP contribution in [0.5, 0.6) is 0 Å². The fraction of sp³-hybridized carbons (Fsp3) is 0.381. The topological polar surface area (TPSA) is 70.9 Å². The van der Waals surface area contributed by atoms with Crippen LogP contribution in [0.25, 0.3) is 0 Å². The van der Waals surface area contributed by atoms with E-state index in [1.54, 1.807) is 24.3 Å². The van der Waals surface area contributed by atoms with Gasteiger partial charge in [-0.3, -0.25) is 4.79 Å². The molecule has 150 valence electrons. The zero-order valence-corrected chi connectivity index (χ0v) is 17.3. The third kappa shape index (κ3) is 4.60. The molecule has 1 atom stereocenters. The molecular weight excluding hydrogens is 374 g/mol. The molecule has 6 nitrogen and oxygen atoms in total. The summed E-state index contributed by atoms with van der Waals surface area (Å²) in [5.74, 6) is -0.0614. The van der Waals surface area contributed by atoms with Crippen molar-refractivity contribution >= 4 is 21.6 Å². The van der Waals surface area contributed by atoms with Crippen LogP contribution in [0.4, 0.5) is 5.69 Å². The van der Waals surface area contributed by atoms with Crippen molar-refractivity contribution in [3.63, 3.8) is 0 Å². The predicted molar refractivity (Wildman–Crippen MR) is 110 cm³/mol. The summed E-state index contributed by atoms with van der Waals surface area (Å²) in [5, 5.41) is 2.88. The van der Waals surface area contributed by atoms with Crippen molar-refractivity contribution in [1.29, 1.82) is 0 Å². The van der Waals surface area contributed by atoms with Crippen molar-refractivity contribution in [2.45, 2.75) is 31.7 Å². The summed E-state index contributed by atoms with van der Waals surface area (Å²) in [6.45, 7) is 6.68. The molecule has 28 heavy (non-hydrogen) atoms. The van der Waals surface area contributed by atoms with Crippen LogP contribution in [-0.2, 0) is 27.8 Å². The highest BCUT2D eigenvalue weighted by Crippen LogP contribution is 2.18. The molecule has 0 saturated carbocycles. The minimum Gasteiger partial charge on any atom is -0.323 e. The second kappa shape index (κ2) is 8.86. The Morgan fingerprint density at radius 1 is 1.04 bits per heavy atom. The Morgan fingerprint density at radius 3 is 2.32 bits per heavy atom. The Morgan fingerprint density at radius 2 is 1.68 bits per heavy atom. The Bertz CT molecular complexity index is 922. The van der Waals surface area contributed by atoms with E-state index in [-0.39, 0.29) is 10.8 Å². The van der Waals surface area contributed by atoms with E-state index in [1.165, 1.54) is 20.3 Å². The zero-order chi connectivity index (χ0) is 20.1.